The second-order valence-corrected chi connectivity index (χ2v) is 8.20. The fourth-order valence-corrected chi connectivity index (χ4v) is 3.91. The second kappa shape index (κ2) is 5.90. The number of anilines is 1. The van der Waals surface area contributed by atoms with E-state index in [4.69, 9.17) is 4.74 Å². The minimum absolute atomic E-state index is 0.180. The first kappa shape index (κ1) is 16.2. The Kier molecular flexibility index (Phi) is 3.82. The lowest BCUT2D eigenvalue weighted by Crippen LogP contribution is -2.37. The summed E-state index contributed by atoms with van der Waals surface area (Å²) in [6.07, 6.45) is 1.79. The van der Waals surface area contributed by atoms with E-state index in [1.807, 2.05) is 50.1 Å². The number of benzene rings is 1. The zero-order valence-electron chi connectivity index (χ0n) is 15.1. The number of hydrogen-bond donors (Lipinski definition) is 0. The third-order valence-corrected chi connectivity index (χ3v) is 5.08. The Morgan fingerprint density at radius 1 is 1.12 bits per heavy atom. The molecule has 2 aliphatic heterocycles. The van der Waals surface area contributed by atoms with Gasteiger partial charge in [-0.2, -0.15) is 0 Å². The van der Waals surface area contributed by atoms with E-state index in [0.717, 1.165) is 31.7 Å². The van der Waals surface area contributed by atoms with E-state index in [1.54, 1.807) is 0 Å². The van der Waals surface area contributed by atoms with E-state index in [1.165, 1.54) is 11.1 Å². The first-order valence-electron chi connectivity index (χ1n) is 8.97. The van der Waals surface area contributed by atoms with E-state index in [2.05, 4.69) is 22.0 Å². The molecule has 5 heteroatoms. The van der Waals surface area contributed by atoms with Crippen LogP contribution in [0.4, 0.5) is 10.5 Å². The van der Waals surface area contributed by atoms with Crippen LogP contribution in [0.15, 0.2) is 36.5 Å². The fraction of sp³-hybridized carbons (Fsp3) is 0.500. The van der Waals surface area contributed by atoms with Crippen molar-refractivity contribution in [1.29, 1.82) is 0 Å². The number of aromatic nitrogens is 1. The molecule has 4 rings (SSSR count). The number of ether oxygens (including phenoxy) is 1. The third kappa shape index (κ3) is 3.28. The van der Waals surface area contributed by atoms with Gasteiger partial charge in [0.05, 0.1) is 17.4 Å². The Hall–Kier alpha value is -2.30. The highest BCUT2D eigenvalue weighted by atomic mass is 16.6. The van der Waals surface area contributed by atoms with Crippen LogP contribution in [0.25, 0.3) is 10.9 Å². The Morgan fingerprint density at radius 2 is 1.80 bits per heavy atom. The van der Waals surface area contributed by atoms with Gasteiger partial charge in [-0.1, -0.05) is 18.2 Å². The predicted molar refractivity (Wildman–Crippen MR) is 98.7 cm³/mol. The van der Waals surface area contributed by atoms with Crippen LogP contribution in [0.5, 0.6) is 0 Å². The quantitative estimate of drug-likeness (QED) is 0.797. The maximum atomic E-state index is 12.3. The van der Waals surface area contributed by atoms with Crippen molar-refractivity contribution in [1.82, 2.24) is 9.88 Å². The molecule has 2 fully saturated rings. The van der Waals surface area contributed by atoms with Gasteiger partial charge in [0.1, 0.15) is 5.60 Å². The maximum Gasteiger partial charge on any atom is 0.410 e. The molecule has 0 spiro atoms. The molecule has 5 nitrogen and oxygen atoms in total. The molecule has 1 aromatic heterocycles. The molecule has 0 bridgehead atoms. The molecule has 2 aromatic rings. The Labute approximate surface area is 148 Å². The van der Waals surface area contributed by atoms with Crippen molar-refractivity contribution in [2.24, 2.45) is 11.8 Å². The summed E-state index contributed by atoms with van der Waals surface area (Å²) in [5.74, 6) is 1.03. The van der Waals surface area contributed by atoms with Crippen LogP contribution in [0.3, 0.4) is 0 Å². The van der Waals surface area contributed by atoms with Gasteiger partial charge in [-0.15, -0.1) is 0 Å². The van der Waals surface area contributed by atoms with Crippen molar-refractivity contribution in [3.05, 3.63) is 36.5 Å². The largest absolute Gasteiger partial charge is 0.444 e. The van der Waals surface area contributed by atoms with Gasteiger partial charge in [0.15, 0.2) is 0 Å². The molecule has 0 radical (unpaired) electrons. The zero-order chi connectivity index (χ0) is 17.6. The van der Waals surface area contributed by atoms with E-state index >= 15 is 0 Å². The summed E-state index contributed by atoms with van der Waals surface area (Å²) < 4.78 is 5.51. The minimum Gasteiger partial charge on any atom is -0.444 e. The molecule has 3 heterocycles. The lowest BCUT2D eigenvalue weighted by Gasteiger charge is -2.26. The number of likely N-dealkylation sites (tertiary alicyclic amines) is 1. The molecule has 1 amide bonds. The van der Waals surface area contributed by atoms with Crippen LogP contribution in [-0.4, -0.2) is 47.8 Å². The summed E-state index contributed by atoms with van der Waals surface area (Å²) in [6.45, 7) is 9.27. The average molecular weight is 339 g/mol. The number of nitrogens with zero attached hydrogens (tertiary/aromatic N) is 3. The summed E-state index contributed by atoms with van der Waals surface area (Å²) in [5.41, 5.74) is 1.77. The molecular weight excluding hydrogens is 314 g/mol. The first-order valence-corrected chi connectivity index (χ1v) is 8.97. The van der Waals surface area contributed by atoms with Crippen molar-refractivity contribution < 1.29 is 9.53 Å². The number of fused-ring (bicyclic) bond motifs is 2. The summed E-state index contributed by atoms with van der Waals surface area (Å²) >= 11 is 0. The normalized spacial score (nSPS) is 23.2. The molecule has 132 valence electrons. The lowest BCUT2D eigenvalue weighted by molar-refractivity contribution is 0.0282. The molecule has 2 saturated heterocycles. The molecule has 0 unspecified atom stereocenters. The van der Waals surface area contributed by atoms with Gasteiger partial charge < -0.3 is 14.5 Å². The van der Waals surface area contributed by atoms with Crippen molar-refractivity contribution >= 4 is 22.7 Å². The predicted octanol–water partition coefficient (Wildman–Crippen LogP) is 3.54. The number of amides is 1. The van der Waals surface area contributed by atoms with Crippen LogP contribution in [-0.2, 0) is 4.74 Å². The maximum absolute atomic E-state index is 12.3. The highest BCUT2D eigenvalue weighted by Crippen LogP contribution is 2.35. The van der Waals surface area contributed by atoms with Crippen molar-refractivity contribution in [3.63, 3.8) is 0 Å². The number of pyridine rings is 1. The van der Waals surface area contributed by atoms with Crippen LogP contribution in [0.2, 0.25) is 0 Å². The molecule has 0 N–H and O–H groups in total. The fourth-order valence-electron chi connectivity index (χ4n) is 3.91. The Balaban J connectivity index is 1.42. The SMILES string of the molecule is CC(C)(C)OC(=O)N1C[C@@H]2CN(c3cnc4ccccc4c3)C[C@@H]2C1. The molecule has 1 aromatic carbocycles. The van der Waals surface area contributed by atoms with Gasteiger partial charge in [0, 0.05) is 43.4 Å². The van der Waals surface area contributed by atoms with Crippen LogP contribution >= 0.6 is 0 Å². The third-order valence-electron chi connectivity index (χ3n) is 5.08. The van der Waals surface area contributed by atoms with Gasteiger partial charge in [-0.25, -0.2) is 4.79 Å². The van der Waals surface area contributed by atoms with Crippen LogP contribution in [0, 0.1) is 11.8 Å². The molecular formula is C20H25N3O2. The van der Waals surface area contributed by atoms with E-state index in [9.17, 15) is 4.79 Å². The van der Waals surface area contributed by atoms with Crippen LogP contribution < -0.4 is 4.90 Å². The number of rotatable bonds is 1. The number of para-hydroxylation sites is 1. The topological polar surface area (TPSA) is 45.7 Å². The minimum atomic E-state index is -0.433. The number of hydrogen-bond acceptors (Lipinski definition) is 4. The van der Waals surface area contributed by atoms with Gasteiger partial charge in [-0.05, 0) is 32.9 Å². The van der Waals surface area contributed by atoms with Crippen molar-refractivity contribution in [3.8, 4) is 0 Å². The standard InChI is InChI=1S/C20H25N3O2/c1-20(2,3)25-19(24)23-12-15-10-22(11-16(15)13-23)17-8-14-6-4-5-7-18(14)21-9-17/h4-9,15-16H,10-13H2,1-3H3/t15-,16+. The first-order chi connectivity index (χ1) is 11.9. The summed E-state index contributed by atoms with van der Waals surface area (Å²) in [4.78, 5) is 21.1. The molecule has 0 aliphatic carbocycles. The molecule has 2 aliphatic rings. The van der Waals surface area contributed by atoms with E-state index < -0.39 is 5.60 Å². The van der Waals surface area contributed by atoms with E-state index in [-0.39, 0.29) is 6.09 Å². The van der Waals surface area contributed by atoms with Crippen molar-refractivity contribution in [2.75, 3.05) is 31.1 Å². The Bertz CT molecular complexity index is 785. The summed E-state index contributed by atoms with van der Waals surface area (Å²) in [5, 5.41) is 1.17. The lowest BCUT2D eigenvalue weighted by atomic mass is 10.0. The summed E-state index contributed by atoms with van der Waals surface area (Å²) in [6, 6.07) is 10.4. The zero-order valence-corrected chi connectivity index (χ0v) is 15.1. The van der Waals surface area contributed by atoms with Gasteiger partial charge in [0.2, 0.25) is 0 Å². The van der Waals surface area contributed by atoms with Gasteiger partial charge in [-0.3, -0.25) is 4.98 Å². The monoisotopic (exact) mass is 339 g/mol. The molecule has 2 atom stereocenters. The number of carbonyl (C=O) groups is 1. The second-order valence-electron chi connectivity index (χ2n) is 8.20. The molecule has 25 heavy (non-hydrogen) atoms. The summed E-state index contributed by atoms with van der Waals surface area (Å²) in [7, 11) is 0. The van der Waals surface area contributed by atoms with Gasteiger partial charge in [0.25, 0.3) is 0 Å². The average Bonchev–Trinajstić information content (AvgIpc) is 3.11. The van der Waals surface area contributed by atoms with E-state index in [0.29, 0.717) is 11.8 Å². The molecule has 0 saturated carbocycles. The van der Waals surface area contributed by atoms with Crippen molar-refractivity contribution in [2.45, 2.75) is 26.4 Å². The Morgan fingerprint density at radius 3 is 2.48 bits per heavy atom. The van der Waals surface area contributed by atoms with Crippen LogP contribution in [0.1, 0.15) is 20.8 Å². The highest BCUT2D eigenvalue weighted by Gasteiger charge is 2.42. The van der Waals surface area contributed by atoms with Gasteiger partial charge >= 0.3 is 6.09 Å². The number of carbonyl (C=O) groups excluding carboxylic acids is 1. The highest BCUT2D eigenvalue weighted by molar-refractivity contribution is 5.81. The smallest absolute Gasteiger partial charge is 0.410 e.